The third kappa shape index (κ3) is 4.09. The van der Waals surface area contributed by atoms with E-state index >= 15 is 0 Å². The Balaban J connectivity index is 1.56. The molecule has 0 aliphatic carbocycles. The molecule has 0 aliphatic heterocycles. The van der Waals surface area contributed by atoms with Gasteiger partial charge in [0.25, 0.3) is 0 Å². The number of hydrogen-bond donors (Lipinski definition) is 0. The van der Waals surface area contributed by atoms with Gasteiger partial charge in [0.15, 0.2) is 0 Å². The van der Waals surface area contributed by atoms with Gasteiger partial charge < -0.3 is 9.30 Å². The van der Waals surface area contributed by atoms with E-state index in [4.69, 9.17) is 4.74 Å². The first-order valence-electron chi connectivity index (χ1n) is 9.20. The molecule has 2 heterocycles. The van der Waals surface area contributed by atoms with E-state index in [1.54, 1.807) is 24.5 Å². The van der Waals surface area contributed by atoms with Crippen LogP contribution >= 0.6 is 0 Å². The van der Waals surface area contributed by atoms with Crippen molar-refractivity contribution in [3.8, 4) is 28.3 Å². The molecule has 0 unspecified atom stereocenters. The summed E-state index contributed by atoms with van der Waals surface area (Å²) in [7, 11) is 0. The number of rotatable bonds is 7. The molecule has 0 spiro atoms. The monoisotopic (exact) mass is 373 g/mol. The first-order valence-corrected chi connectivity index (χ1v) is 9.20. The summed E-state index contributed by atoms with van der Waals surface area (Å²) < 4.78 is 21.2. The van der Waals surface area contributed by atoms with Gasteiger partial charge in [-0.2, -0.15) is 0 Å². The average Bonchev–Trinajstić information content (AvgIpc) is 3.17. The highest BCUT2D eigenvalue weighted by Crippen LogP contribution is 2.31. The quantitative estimate of drug-likeness (QED) is 0.417. The van der Waals surface area contributed by atoms with E-state index in [-0.39, 0.29) is 5.82 Å². The summed E-state index contributed by atoms with van der Waals surface area (Å²) in [5.74, 6) is 0.612. The topological polar surface area (TPSA) is 39.9 Å². The Bertz CT molecular complexity index is 1010. The number of aryl methyl sites for hydroxylation is 1. The summed E-state index contributed by atoms with van der Waals surface area (Å²) in [5.41, 5.74) is 3.73. The van der Waals surface area contributed by atoms with Crippen LogP contribution in [0.5, 0.6) is 5.75 Å². The van der Waals surface area contributed by atoms with Gasteiger partial charge in [-0.15, -0.1) is 0 Å². The lowest BCUT2D eigenvalue weighted by atomic mass is 10.1. The normalized spacial score (nSPS) is 10.8. The van der Waals surface area contributed by atoms with Crippen molar-refractivity contribution in [2.75, 3.05) is 6.61 Å². The van der Waals surface area contributed by atoms with Gasteiger partial charge in [0, 0.05) is 30.1 Å². The van der Waals surface area contributed by atoms with Gasteiger partial charge in [-0.1, -0.05) is 18.2 Å². The van der Waals surface area contributed by atoms with Gasteiger partial charge in [0.05, 0.1) is 24.3 Å². The van der Waals surface area contributed by atoms with Crippen molar-refractivity contribution in [2.24, 2.45) is 0 Å². The minimum atomic E-state index is -0.258. The summed E-state index contributed by atoms with van der Waals surface area (Å²) >= 11 is 0. The summed E-state index contributed by atoms with van der Waals surface area (Å²) in [5, 5.41) is 0. The fourth-order valence-electron chi connectivity index (χ4n) is 3.12. The van der Waals surface area contributed by atoms with Crippen LogP contribution in [-0.4, -0.2) is 21.1 Å². The predicted molar refractivity (Wildman–Crippen MR) is 107 cm³/mol. The molecule has 28 heavy (non-hydrogen) atoms. The maximum absolute atomic E-state index is 13.3. The summed E-state index contributed by atoms with van der Waals surface area (Å²) in [4.78, 5) is 8.72. The zero-order valence-corrected chi connectivity index (χ0v) is 15.3. The molecule has 0 atom stereocenters. The molecule has 2 aromatic carbocycles. The molecule has 4 nitrogen and oxygen atoms in total. The first-order chi connectivity index (χ1) is 13.8. The minimum absolute atomic E-state index is 0.258. The maximum atomic E-state index is 13.3. The van der Waals surface area contributed by atoms with E-state index in [1.165, 1.54) is 12.1 Å². The van der Waals surface area contributed by atoms with Crippen LogP contribution in [0.2, 0.25) is 0 Å². The largest absolute Gasteiger partial charge is 0.494 e. The fraction of sp³-hybridized carbons (Fsp3) is 0.130. The molecule has 0 saturated heterocycles. The lowest BCUT2D eigenvalue weighted by Gasteiger charge is -2.11. The standard InChI is InChI=1S/C23H20FN3O/c24-20-9-7-18(8-10-20)22-23(19-11-13-25-14-12-19)27(17-26-22)15-4-16-28-21-5-2-1-3-6-21/h1-3,5-14,17H,4,15-16H2. The number of nitrogens with zero attached hydrogens (tertiary/aromatic N) is 3. The van der Waals surface area contributed by atoms with Gasteiger partial charge in [0.2, 0.25) is 0 Å². The molecular weight excluding hydrogens is 353 g/mol. The number of ether oxygens (including phenoxy) is 1. The zero-order chi connectivity index (χ0) is 19.2. The highest BCUT2D eigenvalue weighted by atomic mass is 19.1. The Kier molecular flexibility index (Phi) is 5.43. The zero-order valence-electron chi connectivity index (χ0n) is 15.3. The SMILES string of the molecule is Fc1ccc(-c2ncn(CCCOc3ccccc3)c2-c2ccncc2)cc1. The van der Waals surface area contributed by atoms with Crippen LogP contribution in [0.3, 0.4) is 0 Å². The van der Waals surface area contributed by atoms with Gasteiger partial charge in [-0.05, 0) is 55.0 Å². The van der Waals surface area contributed by atoms with Gasteiger partial charge in [-0.3, -0.25) is 4.98 Å². The van der Waals surface area contributed by atoms with E-state index in [0.29, 0.717) is 6.61 Å². The first kappa shape index (κ1) is 17.9. The van der Waals surface area contributed by atoms with Crippen LogP contribution in [0.4, 0.5) is 4.39 Å². The lowest BCUT2D eigenvalue weighted by Crippen LogP contribution is -2.05. The minimum Gasteiger partial charge on any atom is -0.494 e. The molecule has 0 amide bonds. The molecule has 140 valence electrons. The van der Waals surface area contributed by atoms with E-state index in [0.717, 1.165) is 41.2 Å². The second kappa shape index (κ2) is 8.48. The highest BCUT2D eigenvalue weighted by Gasteiger charge is 2.15. The van der Waals surface area contributed by atoms with Crippen LogP contribution in [0.1, 0.15) is 6.42 Å². The molecule has 0 N–H and O–H groups in total. The lowest BCUT2D eigenvalue weighted by molar-refractivity contribution is 0.302. The van der Waals surface area contributed by atoms with Gasteiger partial charge >= 0.3 is 0 Å². The molecule has 2 aromatic heterocycles. The highest BCUT2D eigenvalue weighted by molar-refractivity contribution is 5.78. The van der Waals surface area contributed by atoms with E-state index in [1.807, 2.05) is 48.8 Å². The average molecular weight is 373 g/mol. The van der Waals surface area contributed by atoms with Crippen molar-refractivity contribution in [1.29, 1.82) is 0 Å². The van der Waals surface area contributed by atoms with Crippen molar-refractivity contribution in [3.63, 3.8) is 0 Å². The number of hydrogen-bond acceptors (Lipinski definition) is 3. The molecule has 4 rings (SSSR count). The number of halogens is 1. The number of pyridine rings is 1. The fourth-order valence-corrected chi connectivity index (χ4v) is 3.12. The smallest absolute Gasteiger partial charge is 0.123 e. The molecular formula is C23H20FN3O. The molecule has 0 bridgehead atoms. The molecule has 0 fully saturated rings. The van der Waals surface area contributed by atoms with Crippen LogP contribution in [0.15, 0.2) is 85.5 Å². The maximum Gasteiger partial charge on any atom is 0.123 e. The third-order valence-electron chi connectivity index (χ3n) is 4.46. The number of benzene rings is 2. The van der Waals surface area contributed by atoms with Crippen molar-refractivity contribution < 1.29 is 9.13 Å². The molecule has 0 aliphatic rings. The van der Waals surface area contributed by atoms with E-state index in [2.05, 4.69) is 14.5 Å². The summed E-state index contributed by atoms with van der Waals surface area (Å²) in [6, 6.07) is 20.1. The van der Waals surface area contributed by atoms with Crippen molar-refractivity contribution >= 4 is 0 Å². The van der Waals surface area contributed by atoms with Crippen LogP contribution in [-0.2, 0) is 6.54 Å². The van der Waals surface area contributed by atoms with E-state index in [9.17, 15) is 4.39 Å². The number of aromatic nitrogens is 3. The van der Waals surface area contributed by atoms with Crippen molar-refractivity contribution in [3.05, 3.63) is 91.3 Å². The van der Waals surface area contributed by atoms with Gasteiger partial charge in [-0.25, -0.2) is 9.37 Å². The van der Waals surface area contributed by atoms with Crippen molar-refractivity contribution in [1.82, 2.24) is 14.5 Å². The third-order valence-corrected chi connectivity index (χ3v) is 4.46. The Hall–Kier alpha value is -3.47. The summed E-state index contributed by atoms with van der Waals surface area (Å²) in [6.45, 7) is 1.38. The predicted octanol–water partition coefficient (Wildman–Crippen LogP) is 5.22. The Morgan fingerprint density at radius 2 is 1.61 bits per heavy atom. The second-order valence-electron chi connectivity index (χ2n) is 6.39. The van der Waals surface area contributed by atoms with Crippen LogP contribution in [0.25, 0.3) is 22.5 Å². The molecule has 0 saturated carbocycles. The van der Waals surface area contributed by atoms with Gasteiger partial charge in [0.1, 0.15) is 11.6 Å². The summed E-state index contributed by atoms with van der Waals surface area (Å²) in [6.07, 6.45) is 6.20. The Labute approximate surface area is 163 Å². The number of imidazole rings is 1. The Morgan fingerprint density at radius 3 is 2.36 bits per heavy atom. The van der Waals surface area contributed by atoms with E-state index < -0.39 is 0 Å². The van der Waals surface area contributed by atoms with Crippen LogP contribution < -0.4 is 4.74 Å². The molecule has 5 heteroatoms. The molecule has 0 radical (unpaired) electrons. The number of para-hydroxylation sites is 1. The van der Waals surface area contributed by atoms with Crippen LogP contribution in [0, 0.1) is 5.82 Å². The Morgan fingerprint density at radius 1 is 0.857 bits per heavy atom. The second-order valence-corrected chi connectivity index (χ2v) is 6.39. The molecule has 4 aromatic rings. The van der Waals surface area contributed by atoms with Crippen molar-refractivity contribution in [2.45, 2.75) is 13.0 Å².